The number of carbonyl (C=O) groups excluding carboxylic acids is 3. The molecule has 2 aromatic rings. The number of nitrogens with one attached hydrogen (secondary N) is 1. The Morgan fingerprint density at radius 3 is 2.62 bits per heavy atom. The van der Waals surface area contributed by atoms with Crippen LogP contribution in [0.4, 0.5) is 10.5 Å². The number of rotatable bonds is 4. The van der Waals surface area contributed by atoms with Crippen LogP contribution in [0.2, 0.25) is 10.0 Å². The smallest absolute Gasteiger partial charge is 0.294 e. The Balaban J connectivity index is 1.71. The van der Waals surface area contributed by atoms with Gasteiger partial charge in [0.25, 0.3) is 11.1 Å². The molecule has 2 aromatic carbocycles. The van der Waals surface area contributed by atoms with Crippen molar-refractivity contribution in [2.24, 2.45) is 0 Å². The van der Waals surface area contributed by atoms with Crippen LogP contribution in [-0.4, -0.2) is 28.5 Å². The normalized spacial score (nSPS) is 15.6. The van der Waals surface area contributed by atoms with E-state index in [-0.39, 0.29) is 11.4 Å². The van der Waals surface area contributed by atoms with Gasteiger partial charge in [-0.2, -0.15) is 0 Å². The van der Waals surface area contributed by atoms with Crippen molar-refractivity contribution in [3.63, 3.8) is 0 Å². The molecule has 1 aliphatic rings. The third-order valence-corrected chi connectivity index (χ3v) is 4.96. The summed E-state index contributed by atoms with van der Waals surface area (Å²) in [6.45, 7) is -0.378. The van der Waals surface area contributed by atoms with Gasteiger partial charge >= 0.3 is 0 Å². The minimum absolute atomic E-state index is 0.221. The number of anilines is 1. The van der Waals surface area contributed by atoms with E-state index in [1.54, 1.807) is 54.6 Å². The Hall–Kier alpha value is -2.28. The second-order valence-electron chi connectivity index (χ2n) is 5.35. The highest BCUT2D eigenvalue weighted by Crippen LogP contribution is 2.33. The van der Waals surface area contributed by atoms with E-state index >= 15 is 0 Å². The Kier molecular flexibility index (Phi) is 5.66. The van der Waals surface area contributed by atoms with E-state index in [1.165, 1.54) is 0 Å². The lowest BCUT2D eigenvalue weighted by molar-refractivity contribution is -0.127. The number of nitrogens with zero attached hydrogens (tertiary/aromatic N) is 1. The molecule has 132 valence electrons. The zero-order chi connectivity index (χ0) is 18.7. The topological polar surface area (TPSA) is 66.5 Å². The third kappa shape index (κ3) is 4.27. The molecular weight excluding hydrogens is 395 g/mol. The SMILES string of the molecule is O=C(CN1C(=O)S/C(=C/c2ccccc2Cl)C1=O)Nc1cccc(Cl)c1. The van der Waals surface area contributed by atoms with Crippen LogP contribution >= 0.6 is 35.0 Å². The Labute approximate surface area is 164 Å². The fourth-order valence-corrected chi connectivity index (χ4v) is 3.49. The lowest BCUT2D eigenvalue weighted by atomic mass is 10.2. The maximum Gasteiger partial charge on any atom is 0.294 e. The van der Waals surface area contributed by atoms with Gasteiger partial charge in [0, 0.05) is 15.7 Å². The molecule has 0 radical (unpaired) electrons. The summed E-state index contributed by atoms with van der Waals surface area (Å²) in [4.78, 5) is 37.8. The maximum absolute atomic E-state index is 12.4. The zero-order valence-electron chi connectivity index (χ0n) is 13.2. The van der Waals surface area contributed by atoms with Gasteiger partial charge in [-0.3, -0.25) is 19.3 Å². The fraction of sp³-hybridized carbons (Fsp3) is 0.0556. The third-order valence-electron chi connectivity index (χ3n) is 3.48. The van der Waals surface area contributed by atoms with E-state index in [0.29, 0.717) is 21.3 Å². The predicted octanol–water partition coefficient (Wildman–Crippen LogP) is 4.67. The van der Waals surface area contributed by atoms with E-state index in [0.717, 1.165) is 16.7 Å². The highest BCUT2D eigenvalue weighted by atomic mass is 35.5. The van der Waals surface area contributed by atoms with Crippen molar-refractivity contribution in [3.05, 3.63) is 69.0 Å². The lowest BCUT2D eigenvalue weighted by Crippen LogP contribution is -2.36. The summed E-state index contributed by atoms with van der Waals surface area (Å²) >= 11 is 12.7. The van der Waals surface area contributed by atoms with Gasteiger partial charge in [0.15, 0.2) is 0 Å². The fourth-order valence-electron chi connectivity index (χ4n) is 2.28. The number of thioether (sulfide) groups is 1. The molecule has 26 heavy (non-hydrogen) atoms. The van der Waals surface area contributed by atoms with Crippen molar-refractivity contribution >= 4 is 63.8 Å². The van der Waals surface area contributed by atoms with Gasteiger partial charge in [-0.05, 0) is 47.7 Å². The molecule has 1 heterocycles. The Morgan fingerprint density at radius 1 is 1.12 bits per heavy atom. The second kappa shape index (κ2) is 7.95. The van der Waals surface area contributed by atoms with Gasteiger partial charge < -0.3 is 5.32 Å². The monoisotopic (exact) mass is 406 g/mol. The van der Waals surface area contributed by atoms with Crippen molar-refractivity contribution in [2.75, 3.05) is 11.9 Å². The predicted molar refractivity (Wildman–Crippen MR) is 104 cm³/mol. The van der Waals surface area contributed by atoms with Crippen LogP contribution in [0.25, 0.3) is 6.08 Å². The second-order valence-corrected chi connectivity index (χ2v) is 7.18. The molecule has 0 atom stereocenters. The minimum Gasteiger partial charge on any atom is -0.324 e. The summed E-state index contributed by atoms with van der Waals surface area (Å²) in [5, 5.41) is 3.04. The van der Waals surface area contributed by atoms with Crippen LogP contribution in [0, 0.1) is 0 Å². The zero-order valence-corrected chi connectivity index (χ0v) is 15.6. The lowest BCUT2D eigenvalue weighted by Gasteiger charge is -2.12. The van der Waals surface area contributed by atoms with Crippen LogP contribution < -0.4 is 5.32 Å². The first-order valence-corrected chi connectivity index (χ1v) is 9.06. The van der Waals surface area contributed by atoms with E-state index in [2.05, 4.69) is 5.32 Å². The van der Waals surface area contributed by atoms with Crippen molar-refractivity contribution in [1.82, 2.24) is 4.90 Å². The summed E-state index contributed by atoms with van der Waals surface area (Å²) < 4.78 is 0. The summed E-state index contributed by atoms with van der Waals surface area (Å²) in [6.07, 6.45) is 1.54. The molecule has 1 saturated heterocycles. The summed E-state index contributed by atoms with van der Waals surface area (Å²) in [7, 11) is 0. The molecular formula is C18H12Cl2N2O3S. The average Bonchev–Trinajstić information content (AvgIpc) is 2.84. The molecule has 1 aliphatic heterocycles. The molecule has 0 aromatic heterocycles. The number of imide groups is 1. The van der Waals surface area contributed by atoms with Gasteiger partial charge in [0.05, 0.1) is 4.91 Å². The summed E-state index contributed by atoms with van der Waals surface area (Å²) in [5.74, 6) is -1.02. The van der Waals surface area contributed by atoms with Crippen molar-refractivity contribution in [2.45, 2.75) is 0 Å². The van der Waals surface area contributed by atoms with Gasteiger partial charge in [-0.25, -0.2) is 0 Å². The van der Waals surface area contributed by atoms with Crippen LogP contribution in [-0.2, 0) is 9.59 Å². The molecule has 0 aliphatic carbocycles. The molecule has 0 saturated carbocycles. The Bertz CT molecular complexity index is 930. The van der Waals surface area contributed by atoms with Gasteiger partial charge in [0.1, 0.15) is 6.54 Å². The number of carbonyl (C=O) groups is 3. The van der Waals surface area contributed by atoms with E-state index in [4.69, 9.17) is 23.2 Å². The number of benzene rings is 2. The number of amides is 3. The molecule has 0 spiro atoms. The first kappa shape index (κ1) is 18.5. The molecule has 5 nitrogen and oxygen atoms in total. The standard InChI is InChI=1S/C18H12Cl2N2O3S/c19-12-5-3-6-13(9-12)21-16(23)10-22-17(24)15(26-18(22)25)8-11-4-1-2-7-14(11)20/h1-9H,10H2,(H,21,23)/b15-8+. The van der Waals surface area contributed by atoms with E-state index < -0.39 is 17.1 Å². The molecule has 0 unspecified atom stereocenters. The highest BCUT2D eigenvalue weighted by Gasteiger charge is 2.36. The van der Waals surface area contributed by atoms with Gasteiger partial charge in [-0.15, -0.1) is 0 Å². The minimum atomic E-state index is -0.527. The van der Waals surface area contributed by atoms with Crippen molar-refractivity contribution < 1.29 is 14.4 Å². The average molecular weight is 407 g/mol. The quantitative estimate of drug-likeness (QED) is 0.749. The first-order chi connectivity index (χ1) is 12.4. The molecule has 8 heteroatoms. The number of hydrogen-bond acceptors (Lipinski definition) is 4. The van der Waals surface area contributed by atoms with E-state index in [9.17, 15) is 14.4 Å². The largest absolute Gasteiger partial charge is 0.324 e. The number of halogens is 2. The van der Waals surface area contributed by atoms with Crippen LogP contribution in [0.15, 0.2) is 53.4 Å². The first-order valence-electron chi connectivity index (χ1n) is 7.49. The molecule has 0 bridgehead atoms. The van der Waals surface area contributed by atoms with Crippen molar-refractivity contribution in [1.29, 1.82) is 0 Å². The molecule has 1 fully saturated rings. The van der Waals surface area contributed by atoms with Crippen molar-refractivity contribution in [3.8, 4) is 0 Å². The highest BCUT2D eigenvalue weighted by molar-refractivity contribution is 8.18. The maximum atomic E-state index is 12.4. The molecule has 1 N–H and O–H groups in total. The Morgan fingerprint density at radius 2 is 1.88 bits per heavy atom. The molecule has 3 rings (SSSR count). The van der Waals surface area contributed by atoms with Gasteiger partial charge in [0.2, 0.25) is 5.91 Å². The van der Waals surface area contributed by atoms with Crippen LogP contribution in [0.1, 0.15) is 5.56 Å². The van der Waals surface area contributed by atoms with E-state index in [1.807, 2.05) is 0 Å². The van der Waals surface area contributed by atoms with Crippen LogP contribution in [0.3, 0.4) is 0 Å². The van der Waals surface area contributed by atoms with Gasteiger partial charge in [-0.1, -0.05) is 47.5 Å². The number of hydrogen-bond donors (Lipinski definition) is 1. The molecule has 3 amide bonds. The van der Waals surface area contributed by atoms with Crippen LogP contribution in [0.5, 0.6) is 0 Å². The summed E-state index contributed by atoms with van der Waals surface area (Å²) in [5.41, 5.74) is 1.11. The summed E-state index contributed by atoms with van der Waals surface area (Å²) in [6, 6.07) is 13.6.